The lowest BCUT2D eigenvalue weighted by molar-refractivity contribution is 0.637. The van der Waals surface area contributed by atoms with Crippen molar-refractivity contribution in [3.05, 3.63) is 35.7 Å². The molecule has 2 aromatic rings. The molecule has 1 fully saturated rings. The third kappa shape index (κ3) is 2.90. The molecule has 0 aromatic carbocycles. The molecule has 4 heteroatoms. The van der Waals surface area contributed by atoms with Gasteiger partial charge in [-0.1, -0.05) is 6.07 Å². The Morgan fingerprint density at radius 1 is 1.35 bits per heavy atom. The van der Waals surface area contributed by atoms with Crippen LogP contribution >= 0.6 is 11.3 Å². The van der Waals surface area contributed by atoms with Crippen LogP contribution in [0.2, 0.25) is 0 Å². The fraction of sp³-hybridized carbons (Fsp3) is 0.385. The lowest BCUT2D eigenvalue weighted by atomic mass is 10.3. The molecule has 0 unspecified atom stereocenters. The highest BCUT2D eigenvalue weighted by atomic mass is 32.1. The van der Waals surface area contributed by atoms with E-state index in [0.29, 0.717) is 0 Å². The average molecular weight is 245 g/mol. The van der Waals surface area contributed by atoms with Crippen LogP contribution in [0.15, 0.2) is 30.7 Å². The van der Waals surface area contributed by atoms with Crippen LogP contribution in [-0.2, 0) is 6.54 Å². The minimum absolute atomic E-state index is 0.890. The van der Waals surface area contributed by atoms with Crippen LogP contribution in [0.3, 0.4) is 0 Å². The number of nitrogens with one attached hydrogen (secondary N) is 1. The highest BCUT2D eigenvalue weighted by molar-refractivity contribution is 7.15. The van der Waals surface area contributed by atoms with E-state index in [1.54, 1.807) is 17.5 Å². The minimum atomic E-state index is 0.890. The predicted molar refractivity (Wildman–Crippen MR) is 69.8 cm³/mol. The van der Waals surface area contributed by atoms with Gasteiger partial charge < -0.3 is 5.32 Å². The first-order chi connectivity index (χ1) is 8.42. The van der Waals surface area contributed by atoms with Gasteiger partial charge in [0.15, 0.2) is 0 Å². The molecule has 2 heterocycles. The highest BCUT2D eigenvalue weighted by Gasteiger charge is 2.20. The van der Waals surface area contributed by atoms with Gasteiger partial charge in [0.2, 0.25) is 0 Å². The van der Waals surface area contributed by atoms with Crippen LogP contribution in [0.4, 0.5) is 0 Å². The summed E-state index contributed by atoms with van der Waals surface area (Å²) in [7, 11) is 0. The maximum Gasteiger partial charge on any atom is 0.107 e. The summed E-state index contributed by atoms with van der Waals surface area (Å²) in [5, 5.41) is 4.62. The van der Waals surface area contributed by atoms with Crippen LogP contribution in [0, 0.1) is 5.92 Å². The molecule has 0 aliphatic heterocycles. The van der Waals surface area contributed by atoms with Gasteiger partial charge in [0.05, 0.1) is 4.88 Å². The SMILES string of the molecule is c1cncc(-c2cnc(CNCC3CC3)s2)c1. The monoisotopic (exact) mass is 245 g/mol. The number of rotatable bonds is 5. The number of nitrogens with zero attached hydrogens (tertiary/aromatic N) is 2. The molecule has 17 heavy (non-hydrogen) atoms. The van der Waals surface area contributed by atoms with Crippen molar-refractivity contribution in [3.8, 4) is 10.4 Å². The van der Waals surface area contributed by atoms with Gasteiger partial charge in [-0.25, -0.2) is 4.98 Å². The topological polar surface area (TPSA) is 37.8 Å². The highest BCUT2D eigenvalue weighted by Crippen LogP contribution is 2.28. The summed E-state index contributed by atoms with van der Waals surface area (Å²) in [4.78, 5) is 9.76. The van der Waals surface area contributed by atoms with E-state index < -0.39 is 0 Å². The standard InChI is InChI=1S/C13H15N3S/c1-2-11(7-14-5-1)12-8-16-13(17-12)9-15-6-10-3-4-10/h1-2,5,7-8,10,15H,3-4,6,9H2. The third-order valence-corrected chi connectivity index (χ3v) is 3.95. The summed E-state index contributed by atoms with van der Waals surface area (Å²) in [5.41, 5.74) is 1.15. The quantitative estimate of drug-likeness (QED) is 0.880. The van der Waals surface area contributed by atoms with E-state index in [9.17, 15) is 0 Å². The normalized spacial score (nSPS) is 15.1. The van der Waals surface area contributed by atoms with Crippen molar-refractivity contribution in [2.24, 2.45) is 5.92 Å². The molecule has 0 radical (unpaired) electrons. The zero-order valence-electron chi connectivity index (χ0n) is 9.60. The molecule has 0 saturated heterocycles. The molecule has 0 spiro atoms. The third-order valence-electron chi connectivity index (χ3n) is 2.91. The zero-order valence-corrected chi connectivity index (χ0v) is 10.4. The largest absolute Gasteiger partial charge is 0.310 e. The molecule has 1 N–H and O–H groups in total. The molecular formula is C13H15N3S. The van der Waals surface area contributed by atoms with Gasteiger partial charge in [0.25, 0.3) is 0 Å². The van der Waals surface area contributed by atoms with Crippen molar-refractivity contribution >= 4 is 11.3 Å². The van der Waals surface area contributed by atoms with Crippen LogP contribution in [-0.4, -0.2) is 16.5 Å². The summed E-state index contributed by atoms with van der Waals surface area (Å²) in [6.45, 7) is 2.03. The van der Waals surface area contributed by atoms with Gasteiger partial charge in [0.1, 0.15) is 5.01 Å². The lowest BCUT2D eigenvalue weighted by Crippen LogP contribution is -2.15. The summed E-state index contributed by atoms with van der Waals surface area (Å²) in [6, 6.07) is 4.03. The molecule has 2 aromatic heterocycles. The van der Waals surface area contributed by atoms with E-state index in [1.807, 2.05) is 18.5 Å². The zero-order chi connectivity index (χ0) is 11.5. The van der Waals surface area contributed by atoms with Crippen molar-refractivity contribution in [2.75, 3.05) is 6.54 Å². The maximum atomic E-state index is 4.44. The summed E-state index contributed by atoms with van der Waals surface area (Å²) in [6.07, 6.45) is 8.41. The minimum Gasteiger partial charge on any atom is -0.310 e. The van der Waals surface area contributed by atoms with Crippen molar-refractivity contribution in [2.45, 2.75) is 19.4 Å². The number of aromatic nitrogens is 2. The van der Waals surface area contributed by atoms with Gasteiger partial charge in [-0.15, -0.1) is 11.3 Å². The molecule has 3 rings (SSSR count). The van der Waals surface area contributed by atoms with Crippen molar-refractivity contribution in [1.82, 2.24) is 15.3 Å². The summed E-state index contributed by atoms with van der Waals surface area (Å²) >= 11 is 1.74. The average Bonchev–Trinajstić information content (AvgIpc) is 3.07. The fourth-order valence-electron chi connectivity index (χ4n) is 1.74. The molecule has 1 aliphatic carbocycles. The second kappa shape index (κ2) is 4.94. The first-order valence-corrected chi connectivity index (χ1v) is 6.79. The maximum absolute atomic E-state index is 4.44. The molecule has 3 nitrogen and oxygen atoms in total. The molecule has 0 bridgehead atoms. The second-order valence-corrected chi connectivity index (χ2v) is 5.55. The first-order valence-electron chi connectivity index (χ1n) is 5.97. The van der Waals surface area contributed by atoms with E-state index in [0.717, 1.165) is 29.6 Å². The van der Waals surface area contributed by atoms with E-state index in [-0.39, 0.29) is 0 Å². The Hall–Kier alpha value is -1.26. The summed E-state index contributed by atoms with van der Waals surface area (Å²) in [5.74, 6) is 0.924. The Bertz CT molecular complexity index is 476. The van der Waals surface area contributed by atoms with E-state index >= 15 is 0 Å². The number of thiazole rings is 1. The Morgan fingerprint density at radius 3 is 3.06 bits per heavy atom. The number of hydrogen-bond acceptors (Lipinski definition) is 4. The van der Waals surface area contributed by atoms with Crippen LogP contribution < -0.4 is 5.32 Å². The smallest absolute Gasteiger partial charge is 0.107 e. The summed E-state index contributed by atoms with van der Waals surface area (Å²) < 4.78 is 0. The van der Waals surface area contributed by atoms with Crippen molar-refractivity contribution in [1.29, 1.82) is 0 Å². The number of hydrogen-bond donors (Lipinski definition) is 1. The van der Waals surface area contributed by atoms with Crippen molar-refractivity contribution in [3.63, 3.8) is 0 Å². The molecule has 1 saturated carbocycles. The Balaban J connectivity index is 1.61. The van der Waals surface area contributed by atoms with Gasteiger partial charge in [-0.2, -0.15) is 0 Å². The Labute approximate surface area is 105 Å². The first kappa shape index (κ1) is 10.9. The van der Waals surface area contributed by atoms with Gasteiger partial charge in [-0.3, -0.25) is 4.98 Å². The predicted octanol–water partition coefficient (Wildman–Crippen LogP) is 2.70. The number of pyridine rings is 1. The molecule has 0 atom stereocenters. The van der Waals surface area contributed by atoms with Crippen LogP contribution in [0.25, 0.3) is 10.4 Å². The van der Waals surface area contributed by atoms with E-state index in [1.165, 1.54) is 17.7 Å². The van der Waals surface area contributed by atoms with E-state index in [2.05, 4.69) is 21.4 Å². The van der Waals surface area contributed by atoms with Crippen molar-refractivity contribution < 1.29 is 0 Å². The Morgan fingerprint density at radius 2 is 2.29 bits per heavy atom. The van der Waals surface area contributed by atoms with Gasteiger partial charge in [0, 0.05) is 30.7 Å². The second-order valence-electron chi connectivity index (χ2n) is 4.43. The Kier molecular flexibility index (Phi) is 3.16. The molecule has 88 valence electrons. The molecular weight excluding hydrogens is 230 g/mol. The molecule has 1 aliphatic rings. The molecule has 0 amide bonds. The van der Waals surface area contributed by atoms with E-state index in [4.69, 9.17) is 0 Å². The van der Waals surface area contributed by atoms with Gasteiger partial charge >= 0.3 is 0 Å². The van der Waals surface area contributed by atoms with Crippen LogP contribution in [0.5, 0.6) is 0 Å². The fourth-order valence-corrected chi connectivity index (χ4v) is 2.62. The lowest BCUT2D eigenvalue weighted by Gasteiger charge is -1.99. The van der Waals surface area contributed by atoms with Gasteiger partial charge in [-0.05, 0) is 31.4 Å². The van der Waals surface area contributed by atoms with Crippen LogP contribution in [0.1, 0.15) is 17.8 Å².